The summed E-state index contributed by atoms with van der Waals surface area (Å²) in [4.78, 5) is 0. The lowest BCUT2D eigenvalue weighted by molar-refractivity contribution is 0.265. The first-order valence-corrected chi connectivity index (χ1v) is 4.31. The van der Waals surface area contributed by atoms with Crippen molar-refractivity contribution >= 4 is 0 Å². The zero-order valence-corrected chi connectivity index (χ0v) is 7.98. The van der Waals surface area contributed by atoms with Crippen molar-refractivity contribution < 1.29 is 5.11 Å². The molecule has 5 N–H and O–H groups in total. The lowest BCUT2D eigenvalue weighted by atomic mass is 10.1. The summed E-state index contributed by atoms with van der Waals surface area (Å²) < 4.78 is 0. The van der Waals surface area contributed by atoms with Crippen LogP contribution in [0.15, 0.2) is 30.3 Å². The van der Waals surface area contributed by atoms with Gasteiger partial charge in [0.25, 0.3) is 0 Å². The molecular formula is C10H18N2O. The third-order valence-electron chi connectivity index (χ3n) is 1.58. The van der Waals surface area contributed by atoms with Crippen LogP contribution in [0.5, 0.6) is 0 Å². The fourth-order valence-corrected chi connectivity index (χ4v) is 0.981. The molecule has 1 aromatic rings. The van der Waals surface area contributed by atoms with Gasteiger partial charge >= 0.3 is 0 Å². The van der Waals surface area contributed by atoms with E-state index in [4.69, 9.17) is 10.8 Å². The second-order valence-electron chi connectivity index (χ2n) is 2.63. The summed E-state index contributed by atoms with van der Waals surface area (Å²) in [6.07, 6.45) is 0.747. The molecule has 0 aliphatic rings. The molecule has 0 heterocycles. The Kier molecular flexibility index (Phi) is 7.20. The van der Waals surface area contributed by atoms with E-state index in [9.17, 15) is 0 Å². The van der Waals surface area contributed by atoms with E-state index in [-0.39, 0.29) is 12.6 Å². The van der Waals surface area contributed by atoms with Crippen LogP contribution in [-0.2, 0) is 6.42 Å². The summed E-state index contributed by atoms with van der Waals surface area (Å²) in [6, 6.07) is 9.80. The Balaban J connectivity index is 0.000000671. The third-order valence-corrected chi connectivity index (χ3v) is 1.58. The largest absolute Gasteiger partial charge is 0.395 e. The monoisotopic (exact) mass is 182 g/mol. The highest BCUT2D eigenvalue weighted by Crippen LogP contribution is 2.00. The fraction of sp³-hybridized carbons (Fsp3) is 0.400. The number of rotatable bonds is 3. The van der Waals surface area contributed by atoms with Gasteiger partial charge in [-0.3, -0.25) is 0 Å². The van der Waals surface area contributed by atoms with Crippen molar-refractivity contribution in [2.75, 3.05) is 13.7 Å². The summed E-state index contributed by atoms with van der Waals surface area (Å²) >= 11 is 0. The average Bonchev–Trinajstić information content (AvgIpc) is 2.22. The first-order chi connectivity index (χ1) is 6.33. The summed E-state index contributed by atoms with van der Waals surface area (Å²) in [6.45, 7) is 0.0505. The van der Waals surface area contributed by atoms with E-state index in [1.54, 1.807) is 0 Å². The smallest absolute Gasteiger partial charge is 0.0585 e. The van der Waals surface area contributed by atoms with Gasteiger partial charge in [-0.25, -0.2) is 0 Å². The quantitative estimate of drug-likeness (QED) is 0.622. The molecule has 3 nitrogen and oxygen atoms in total. The van der Waals surface area contributed by atoms with E-state index in [0.717, 1.165) is 6.42 Å². The minimum Gasteiger partial charge on any atom is -0.395 e. The molecule has 0 aliphatic heterocycles. The molecule has 1 rings (SSSR count). The highest BCUT2D eigenvalue weighted by molar-refractivity contribution is 5.15. The van der Waals surface area contributed by atoms with E-state index >= 15 is 0 Å². The van der Waals surface area contributed by atoms with Crippen LogP contribution in [0.2, 0.25) is 0 Å². The van der Waals surface area contributed by atoms with Gasteiger partial charge in [-0.1, -0.05) is 30.3 Å². The number of hydrogen-bond acceptors (Lipinski definition) is 3. The highest BCUT2D eigenvalue weighted by atomic mass is 16.3. The molecule has 0 saturated carbocycles. The molecule has 0 aromatic heterocycles. The molecule has 0 bridgehead atoms. The van der Waals surface area contributed by atoms with Gasteiger partial charge in [-0.2, -0.15) is 0 Å². The van der Waals surface area contributed by atoms with Crippen LogP contribution in [-0.4, -0.2) is 24.8 Å². The Bertz CT molecular complexity index is 201. The van der Waals surface area contributed by atoms with Crippen LogP contribution < -0.4 is 11.5 Å². The van der Waals surface area contributed by atoms with E-state index < -0.39 is 0 Å². The normalized spacial score (nSPS) is 11.4. The maximum absolute atomic E-state index is 8.67. The Labute approximate surface area is 79.4 Å². The van der Waals surface area contributed by atoms with E-state index in [2.05, 4.69) is 5.73 Å². The van der Waals surface area contributed by atoms with Crippen LogP contribution in [0.3, 0.4) is 0 Å². The standard InChI is InChI=1S/C9H13NO.CH5N/c10-9(7-11)6-8-4-2-1-3-5-8;1-2/h1-5,9,11H,6-7,10H2;2H2,1H3. The molecule has 1 atom stereocenters. The number of aliphatic hydroxyl groups is 1. The van der Waals surface area contributed by atoms with E-state index in [1.165, 1.54) is 12.6 Å². The van der Waals surface area contributed by atoms with Crippen molar-refractivity contribution in [3.63, 3.8) is 0 Å². The number of benzene rings is 1. The van der Waals surface area contributed by atoms with Gasteiger partial charge in [0.05, 0.1) is 6.61 Å². The molecule has 1 aromatic carbocycles. The highest BCUT2D eigenvalue weighted by Gasteiger charge is 1.99. The molecule has 13 heavy (non-hydrogen) atoms. The molecule has 0 fully saturated rings. The maximum Gasteiger partial charge on any atom is 0.0585 e. The Hall–Kier alpha value is -0.900. The van der Waals surface area contributed by atoms with Crippen molar-refractivity contribution in [1.82, 2.24) is 0 Å². The predicted molar refractivity (Wildman–Crippen MR) is 55.3 cm³/mol. The van der Waals surface area contributed by atoms with Crippen LogP contribution in [0.1, 0.15) is 5.56 Å². The van der Waals surface area contributed by atoms with Gasteiger partial charge in [-0.15, -0.1) is 0 Å². The summed E-state index contributed by atoms with van der Waals surface area (Å²) in [5.41, 5.74) is 11.2. The van der Waals surface area contributed by atoms with Crippen LogP contribution >= 0.6 is 0 Å². The van der Waals surface area contributed by atoms with Crippen LogP contribution in [0.25, 0.3) is 0 Å². The molecule has 1 unspecified atom stereocenters. The van der Waals surface area contributed by atoms with Gasteiger partial charge in [0.2, 0.25) is 0 Å². The predicted octanol–water partition coefficient (Wildman–Crippen LogP) is 0.124. The topological polar surface area (TPSA) is 72.3 Å². The zero-order chi connectivity index (χ0) is 10.1. The van der Waals surface area contributed by atoms with E-state index in [1.807, 2.05) is 30.3 Å². The van der Waals surface area contributed by atoms with Crippen molar-refractivity contribution in [3.05, 3.63) is 35.9 Å². The SMILES string of the molecule is CN.NC(CO)Cc1ccccc1. The van der Waals surface area contributed by atoms with Crippen molar-refractivity contribution in [1.29, 1.82) is 0 Å². The fourth-order valence-electron chi connectivity index (χ4n) is 0.981. The second-order valence-corrected chi connectivity index (χ2v) is 2.63. The van der Waals surface area contributed by atoms with Gasteiger partial charge < -0.3 is 16.6 Å². The minimum atomic E-state index is -0.127. The van der Waals surface area contributed by atoms with Gasteiger partial charge in [-0.05, 0) is 19.0 Å². The second kappa shape index (κ2) is 7.73. The molecule has 3 heteroatoms. The molecule has 0 amide bonds. The molecule has 0 spiro atoms. The Morgan fingerprint density at radius 1 is 1.23 bits per heavy atom. The lowest BCUT2D eigenvalue weighted by Gasteiger charge is -2.06. The summed E-state index contributed by atoms with van der Waals surface area (Å²) in [7, 11) is 1.50. The maximum atomic E-state index is 8.67. The van der Waals surface area contributed by atoms with Crippen LogP contribution in [0.4, 0.5) is 0 Å². The van der Waals surface area contributed by atoms with E-state index in [0.29, 0.717) is 0 Å². The van der Waals surface area contributed by atoms with Crippen LogP contribution in [0, 0.1) is 0 Å². The molecule has 0 saturated heterocycles. The number of hydrogen-bond donors (Lipinski definition) is 3. The molecule has 74 valence electrons. The summed E-state index contributed by atoms with van der Waals surface area (Å²) in [5.74, 6) is 0. The minimum absolute atomic E-state index is 0.0505. The summed E-state index contributed by atoms with van der Waals surface area (Å²) in [5, 5.41) is 8.67. The Morgan fingerprint density at radius 2 is 1.77 bits per heavy atom. The molecule has 0 radical (unpaired) electrons. The third kappa shape index (κ3) is 5.36. The number of aliphatic hydroxyl groups excluding tert-OH is 1. The van der Waals surface area contributed by atoms with Crippen molar-refractivity contribution in [2.24, 2.45) is 11.5 Å². The lowest BCUT2D eigenvalue weighted by Crippen LogP contribution is -2.26. The molecule has 0 aliphatic carbocycles. The van der Waals surface area contributed by atoms with Gasteiger partial charge in [0.15, 0.2) is 0 Å². The Morgan fingerprint density at radius 3 is 2.23 bits per heavy atom. The number of nitrogens with two attached hydrogens (primary N) is 2. The van der Waals surface area contributed by atoms with Gasteiger partial charge in [0.1, 0.15) is 0 Å². The van der Waals surface area contributed by atoms with Crippen molar-refractivity contribution in [3.8, 4) is 0 Å². The average molecular weight is 182 g/mol. The van der Waals surface area contributed by atoms with Crippen molar-refractivity contribution in [2.45, 2.75) is 12.5 Å². The van der Waals surface area contributed by atoms with Gasteiger partial charge in [0, 0.05) is 6.04 Å². The molecular weight excluding hydrogens is 164 g/mol. The first kappa shape index (κ1) is 12.1. The zero-order valence-electron chi connectivity index (χ0n) is 7.98. The first-order valence-electron chi connectivity index (χ1n) is 4.31.